The second kappa shape index (κ2) is 7.92. The summed E-state index contributed by atoms with van der Waals surface area (Å²) in [5, 5.41) is 7.22. The SMILES string of the molecule is Cc1ccccc1NC(=S)NC[C@H](c1ccccc1)N(C)C. The predicted molar refractivity (Wildman–Crippen MR) is 98.3 cm³/mol. The van der Waals surface area contributed by atoms with Gasteiger partial charge in [0, 0.05) is 12.2 Å². The van der Waals surface area contributed by atoms with E-state index in [2.05, 4.69) is 66.9 Å². The number of hydrogen-bond acceptors (Lipinski definition) is 2. The van der Waals surface area contributed by atoms with Crippen LogP contribution in [0, 0.1) is 6.92 Å². The number of para-hydroxylation sites is 1. The van der Waals surface area contributed by atoms with Gasteiger partial charge in [-0.2, -0.15) is 0 Å². The van der Waals surface area contributed by atoms with Crippen LogP contribution in [0.15, 0.2) is 54.6 Å². The molecule has 2 rings (SSSR count). The van der Waals surface area contributed by atoms with Gasteiger partial charge in [0.25, 0.3) is 0 Å². The monoisotopic (exact) mass is 313 g/mol. The third-order valence-electron chi connectivity index (χ3n) is 3.66. The lowest BCUT2D eigenvalue weighted by Gasteiger charge is -2.26. The molecule has 116 valence electrons. The molecule has 1 atom stereocenters. The molecule has 0 aromatic heterocycles. The highest BCUT2D eigenvalue weighted by Crippen LogP contribution is 2.17. The molecule has 0 bridgehead atoms. The fourth-order valence-corrected chi connectivity index (χ4v) is 2.54. The minimum absolute atomic E-state index is 0.276. The Balaban J connectivity index is 1.95. The molecule has 0 aliphatic carbocycles. The quantitative estimate of drug-likeness (QED) is 0.825. The number of nitrogens with zero attached hydrogens (tertiary/aromatic N) is 1. The van der Waals surface area contributed by atoms with Crippen LogP contribution in [-0.2, 0) is 0 Å². The Hall–Kier alpha value is -1.91. The maximum Gasteiger partial charge on any atom is 0.170 e. The van der Waals surface area contributed by atoms with Crippen LogP contribution in [-0.4, -0.2) is 30.7 Å². The Kier molecular flexibility index (Phi) is 5.92. The molecule has 0 unspecified atom stereocenters. The molecule has 0 spiro atoms. The highest BCUT2D eigenvalue weighted by Gasteiger charge is 2.14. The van der Waals surface area contributed by atoms with Crippen molar-refractivity contribution in [3.8, 4) is 0 Å². The number of likely N-dealkylation sites (N-methyl/N-ethyl adjacent to an activating group) is 1. The largest absolute Gasteiger partial charge is 0.361 e. The third kappa shape index (κ3) is 4.55. The van der Waals surface area contributed by atoms with Gasteiger partial charge < -0.3 is 15.5 Å². The van der Waals surface area contributed by atoms with Crippen molar-refractivity contribution >= 4 is 23.0 Å². The topological polar surface area (TPSA) is 27.3 Å². The molecular formula is C18H23N3S. The summed E-state index contributed by atoms with van der Waals surface area (Å²) in [5.41, 5.74) is 3.50. The van der Waals surface area contributed by atoms with Crippen molar-refractivity contribution in [2.45, 2.75) is 13.0 Å². The number of hydrogen-bond donors (Lipinski definition) is 2. The van der Waals surface area contributed by atoms with Crippen LogP contribution in [0.5, 0.6) is 0 Å². The number of nitrogens with one attached hydrogen (secondary N) is 2. The van der Waals surface area contributed by atoms with E-state index in [4.69, 9.17) is 12.2 Å². The van der Waals surface area contributed by atoms with Gasteiger partial charge in [0.15, 0.2) is 5.11 Å². The molecule has 0 radical (unpaired) electrons. The Morgan fingerprint density at radius 3 is 2.32 bits per heavy atom. The van der Waals surface area contributed by atoms with Gasteiger partial charge in [-0.15, -0.1) is 0 Å². The first-order chi connectivity index (χ1) is 10.6. The van der Waals surface area contributed by atoms with E-state index in [9.17, 15) is 0 Å². The van der Waals surface area contributed by atoms with E-state index in [1.807, 2.05) is 24.3 Å². The fraction of sp³-hybridized carbons (Fsp3) is 0.278. The van der Waals surface area contributed by atoms with Crippen molar-refractivity contribution in [2.24, 2.45) is 0 Å². The zero-order valence-electron chi connectivity index (χ0n) is 13.3. The maximum atomic E-state index is 5.41. The fourth-order valence-electron chi connectivity index (χ4n) is 2.34. The highest BCUT2D eigenvalue weighted by atomic mass is 32.1. The molecule has 0 amide bonds. The predicted octanol–water partition coefficient (Wildman–Crippen LogP) is 3.58. The molecule has 2 aromatic rings. The number of benzene rings is 2. The van der Waals surface area contributed by atoms with Crippen LogP contribution in [0.1, 0.15) is 17.2 Å². The molecule has 0 saturated heterocycles. The lowest BCUT2D eigenvalue weighted by Crippen LogP contribution is -2.36. The lowest BCUT2D eigenvalue weighted by atomic mass is 10.1. The van der Waals surface area contributed by atoms with E-state index in [-0.39, 0.29) is 6.04 Å². The van der Waals surface area contributed by atoms with Crippen LogP contribution < -0.4 is 10.6 Å². The Morgan fingerprint density at radius 2 is 1.68 bits per heavy atom. The average molecular weight is 313 g/mol. The second-order valence-electron chi connectivity index (χ2n) is 5.54. The van der Waals surface area contributed by atoms with Crippen molar-refractivity contribution in [2.75, 3.05) is 26.0 Å². The smallest absolute Gasteiger partial charge is 0.170 e. The summed E-state index contributed by atoms with van der Waals surface area (Å²) in [4.78, 5) is 2.19. The zero-order valence-corrected chi connectivity index (χ0v) is 14.2. The Morgan fingerprint density at radius 1 is 1.05 bits per heavy atom. The van der Waals surface area contributed by atoms with E-state index in [1.165, 1.54) is 11.1 Å². The minimum atomic E-state index is 0.276. The summed E-state index contributed by atoms with van der Waals surface area (Å²) in [6.07, 6.45) is 0. The van der Waals surface area contributed by atoms with E-state index >= 15 is 0 Å². The van der Waals surface area contributed by atoms with Crippen LogP contribution in [0.2, 0.25) is 0 Å². The molecule has 0 heterocycles. The van der Waals surface area contributed by atoms with Gasteiger partial charge >= 0.3 is 0 Å². The molecule has 0 aliphatic heterocycles. The molecule has 0 fully saturated rings. The third-order valence-corrected chi connectivity index (χ3v) is 3.90. The van der Waals surface area contributed by atoms with Gasteiger partial charge in [-0.3, -0.25) is 0 Å². The van der Waals surface area contributed by atoms with Gasteiger partial charge in [0.1, 0.15) is 0 Å². The first kappa shape index (κ1) is 16.5. The highest BCUT2D eigenvalue weighted by molar-refractivity contribution is 7.80. The second-order valence-corrected chi connectivity index (χ2v) is 5.95. The molecule has 22 heavy (non-hydrogen) atoms. The first-order valence-corrected chi connectivity index (χ1v) is 7.80. The van der Waals surface area contributed by atoms with E-state index in [0.29, 0.717) is 5.11 Å². The summed E-state index contributed by atoms with van der Waals surface area (Å²) < 4.78 is 0. The molecule has 0 saturated carbocycles. The van der Waals surface area contributed by atoms with Crippen molar-refractivity contribution in [1.82, 2.24) is 10.2 Å². The van der Waals surface area contributed by atoms with Crippen LogP contribution in [0.25, 0.3) is 0 Å². The van der Waals surface area contributed by atoms with E-state index in [1.54, 1.807) is 0 Å². The van der Waals surface area contributed by atoms with E-state index in [0.717, 1.165) is 12.2 Å². The summed E-state index contributed by atoms with van der Waals surface area (Å²) >= 11 is 5.41. The average Bonchev–Trinajstić information content (AvgIpc) is 2.50. The van der Waals surface area contributed by atoms with Crippen molar-refractivity contribution in [3.63, 3.8) is 0 Å². The van der Waals surface area contributed by atoms with Crippen molar-refractivity contribution < 1.29 is 0 Å². The Bertz CT molecular complexity index is 611. The van der Waals surface area contributed by atoms with Gasteiger partial charge in [0.05, 0.1) is 6.04 Å². The van der Waals surface area contributed by atoms with E-state index < -0.39 is 0 Å². The number of anilines is 1. The van der Waals surface area contributed by atoms with Gasteiger partial charge in [-0.1, -0.05) is 48.5 Å². The first-order valence-electron chi connectivity index (χ1n) is 7.40. The molecule has 0 aliphatic rings. The normalized spacial score (nSPS) is 12.0. The van der Waals surface area contributed by atoms with Crippen LogP contribution >= 0.6 is 12.2 Å². The summed E-state index contributed by atoms with van der Waals surface area (Å²) in [6, 6.07) is 18.9. The van der Waals surface area contributed by atoms with Crippen LogP contribution in [0.3, 0.4) is 0 Å². The number of thiocarbonyl (C=S) groups is 1. The Labute approximate surface area is 138 Å². The number of aryl methyl sites for hydroxylation is 1. The molecule has 3 nitrogen and oxygen atoms in total. The summed E-state index contributed by atoms with van der Waals surface area (Å²) in [6.45, 7) is 2.83. The van der Waals surface area contributed by atoms with Crippen molar-refractivity contribution in [3.05, 3.63) is 65.7 Å². The van der Waals surface area contributed by atoms with Crippen molar-refractivity contribution in [1.29, 1.82) is 0 Å². The molecule has 4 heteroatoms. The zero-order chi connectivity index (χ0) is 15.9. The molecular weight excluding hydrogens is 290 g/mol. The molecule has 2 N–H and O–H groups in total. The van der Waals surface area contributed by atoms with Crippen LogP contribution in [0.4, 0.5) is 5.69 Å². The van der Waals surface area contributed by atoms with Gasteiger partial charge in [-0.25, -0.2) is 0 Å². The number of rotatable bonds is 5. The summed E-state index contributed by atoms with van der Waals surface area (Å²) in [5.74, 6) is 0. The standard InChI is InChI=1S/C18H23N3S/c1-14-9-7-8-12-16(14)20-18(22)19-13-17(21(2)3)15-10-5-4-6-11-15/h4-12,17H,13H2,1-3H3,(H2,19,20,22)/t17-/m1/s1. The van der Waals surface area contributed by atoms with Gasteiger partial charge in [-0.05, 0) is 50.4 Å². The summed E-state index contributed by atoms with van der Waals surface area (Å²) in [7, 11) is 4.16. The lowest BCUT2D eigenvalue weighted by molar-refractivity contribution is 0.299. The maximum absolute atomic E-state index is 5.41. The minimum Gasteiger partial charge on any atom is -0.361 e. The molecule has 2 aromatic carbocycles. The van der Waals surface area contributed by atoms with Gasteiger partial charge in [0.2, 0.25) is 0 Å².